The molecule has 1 unspecified atom stereocenters. The molecule has 3 heteroatoms. The van der Waals surface area contributed by atoms with Gasteiger partial charge in [0.15, 0.2) is 0 Å². The Kier molecular flexibility index (Phi) is 2.75. The summed E-state index contributed by atoms with van der Waals surface area (Å²) in [7, 11) is -0.922. The molecule has 0 aromatic rings. The van der Waals surface area contributed by atoms with Gasteiger partial charge in [-0.05, 0) is 0 Å². The van der Waals surface area contributed by atoms with E-state index in [9.17, 15) is 4.79 Å². The summed E-state index contributed by atoms with van der Waals surface area (Å²) in [5.41, 5.74) is -0.0741. The lowest BCUT2D eigenvalue weighted by Crippen LogP contribution is -2.17. The van der Waals surface area contributed by atoms with E-state index < -0.39 is 14.8 Å². The Hall–Kier alpha value is -0.313. The van der Waals surface area contributed by atoms with Crippen LogP contribution in [-0.2, 0) is 4.79 Å². The first-order chi connectivity index (χ1) is 3.55. The van der Waals surface area contributed by atoms with Crippen molar-refractivity contribution < 1.29 is 9.90 Å². The molecule has 0 aliphatic rings. The van der Waals surface area contributed by atoms with Crippen LogP contribution in [0.15, 0.2) is 0 Å². The van der Waals surface area contributed by atoms with Gasteiger partial charge in [0.1, 0.15) is 0 Å². The molecule has 0 aromatic heterocycles. The molecule has 0 aliphatic heterocycles. The molecule has 0 rings (SSSR count). The summed E-state index contributed by atoms with van der Waals surface area (Å²) in [6, 6.07) is 0. The fourth-order valence-electron chi connectivity index (χ4n) is 0.285. The van der Waals surface area contributed by atoms with Crippen LogP contribution in [0.3, 0.4) is 0 Å². The van der Waals surface area contributed by atoms with E-state index in [4.69, 9.17) is 5.11 Å². The highest BCUT2D eigenvalue weighted by molar-refractivity contribution is 6.61. The number of carbonyl (C=O) groups is 1. The van der Waals surface area contributed by atoms with Crippen LogP contribution in [0, 0.1) is 0 Å². The zero-order valence-corrected chi connectivity index (χ0v) is 6.66. The van der Waals surface area contributed by atoms with Crippen LogP contribution >= 0.6 is 0 Å². The van der Waals surface area contributed by atoms with Crippen molar-refractivity contribution in [2.24, 2.45) is 0 Å². The van der Waals surface area contributed by atoms with Gasteiger partial charge in [-0.15, -0.1) is 0 Å². The van der Waals surface area contributed by atoms with Crippen molar-refractivity contribution in [3.8, 4) is 0 Å². The summed E-state index contributed by atoms with van der Waals surface area (Å²) in [4.78, 5) is 10.2. The number of rotatable bonds is 2. The van der Waals surface area contributed by atoms with Crippen molar-refractivity contribution in [3.63, 3.8) is 0 Å². The van der Waals surface area contributed by atoms with E-state index in [2.05, 4.69) is 0 Å². The second-order valence-electron chi connectivity index (χ2n) is 2.37. The summed E-state index contributed by atoms with van der Waals surface area (Å²) in [5, 5.41) is 8.39. The van der Waals surface area contributed by atoms with Crippen molar-refractivity contribution in [2.45, 2.75) is 25.6 Å². The van der Waals surface area contributed by atoms with E-state index in [1.807, 2.05) is 13.1 Å². The molecule has 0 saturated heterocycles. The second kappa shape index (κ2) is 2.87. The Morgan fingerprint density at radius 3 is 2.00 bits per heavy atom. The van der Waals surface area contributed by atoms with Crippen LogP contribution < -0.4 is 0 Å². The zero-order valence-electron chi connectivity index (χ0n) is 5.51. The minimum absolute atomic E-state index is 0.0741. The van der Waals surface area contributed by atoms with Gasteiger partial charge in [0.25, 0.3) is 0 Å². The number of carboxylic acids is 1. The average Bonchev–Trinajstić information content (AvgIpc) is 1.64. The van der Waals surface area contributed by atoms with Gasteiger partial charge in [0, 0.05) is 14.3 Å². The first kappa shape index (κ1) is 7.69. The van der Waals surface area contributed by atoms with Crippen molar-refractivity contribution in [1.29, 1.82) is 0 Å². The maximum atomic E-state index is 10.2. The highest BCUT2D eigenvalue weighted by atomic mass is 28.3. The first-order valence-electron chi connectivity index (χ1n) is 2.78. The molecule has 1 N–H and O–H groups in total. The van der Waals surface area contributed by atoms with Crippen molar-refractivity contribution in [2.75, 3.05) is 0 Å². The SMILES string of the molecule is CC(C(=O)O)[SiH](C)C. The van der Waals surface area contributed by atoms with Gasteiger partial charge in [-0.1, -0.05) is 20.0 Å². The molecule has 0 bridgehead atoms. The predicted octanol–water partition coefficient (Wildman–Crippen LogP) is 0.948. The molecule has 0 amide bonds. The molecule has 1 atom stereocenters. The van der Waals surface area contributed by atoms with Crippen LogP contribution in [0.1, 0.15) is 6.92 Å². The lowest BCUT2D eigenvalue weighted by Gasteiger charge is -2.06. The quantitative estimate of drug-likeness (QED) is 0.568. The third-order valence-electron chi connectivity index (χ3n) is 1.39. The van der Waals surface area contributed by atoms with Gasteiger partial charge in [0.05, 0.1) is 0 Å². The van der Waals surface area contributed by atoms with E-state index in [0.717, 1.165) is 0 Å². The summed E-state index contributed by atoms with van der Waals surface area (Å²) in [6.45, 7) is 5.86. The fourth-order valence-corrected chi connectivity index (χ4v) is 0.855. The topological polar surface area (TPSA) is 37.3 Å². The Balaban J connectivity index is 3.64. The number of aliphatic carboxylic acids is 1. The smallest absolute Gasteiger partial charge is 0.303 e. The summed E-state index contributed by atoms with van der Waals surface area (Å²) in [5.74, 6) is -0.647. The molecule has 0 aliphatic carbocycles. The molecule has 2 nitrogen and oxygen atoms in total. The molecule has 48 valence electrons. The maximum absolute atomic E-state index is 10.2. The number of carboxylic acid groups (broad SMARTS) is 1. The Labute approximate surface area is 51.1 Å². The Morgan fingerprint density at radius 2 is 2.00 bits per heavy atom. The molecule has 0 radical (unpaired) electrons. The van der Waals surface area contributed by atoms with Crippen LogP contribution in [0.4, 0.5) is 0 Å². The van der Waals surface area contributed by atoms with Gasteiger partial charge in [0.2, 0.25) is 0 Å². The minimum atomic E-state index is -0.922. The van der Waals surface area contributed by atoms with Crippen LogP contribution in [0.5, 0.6) is 0 Å². The highest BCUT2D eigenvalue weighted by Gasteiger charge is 2.14. The normalized spacial score (nSPS) is 14.0. The van der Waals surface area contributed by atoms with Crippen molar-refractivity contribution in [3.05, 3.63) is 0 Å². The minimum Gasteiger partial charge on any atom is -0.481 e. The van der Waals surface area contributed by atoms with Gasteiger partial charge in [-0.2, -0.15) is 0 Å². The molecule has 0 saturated carbocycles. The summed E-state index contributed by atoms with van der Waals surface area (Å²) < 4.78 is 0. The molecule has 0 spiro atoms. The average molecular weight is 132 g/mol. The monoisotopic (exact) mass is 132 g/mol. The largest absolute Gasteiger partial charge is 0.481 e. The standard InChI is InChI=1S/C5H12O2Si/c1-4(5(6)7)8(2)3/h4,8H,1-3H3,(H,6,7). The van der Waals surface area contributed by atoms with E-state index >= 15 is 0 Å². The maximum Gasteiger partial charge on any atom is 0.303 e. The van der Waals surface area contributed by atoms with E-state index in [0.29, 0.717) is 0 Å². The van der Waals surface area contributed by atoms with E-state index in [1.54, 1.807) is 6.92 Å². The van der Waals surface area contributed by atoms with Gasteiger partial charge < -0.3 is 5.11 Å². The number of hydrogen-bond donors (Lipinski definition) is 1. The molecular formula is C5H12O2Si. The first-order valence-corrected chi connectivity index (χ1v) is 5.76. The van der Waals surface area contributed by atoms with Crippen molar-refractivity contribution >= 4 is 14.8 Å². The third kappa shape index (κ3) is 2.11. The number of hydrogen-bond acceptors (Lipinski definition) is 1. The Bertz CT molecular complexity index is 90.4. The molecular weight excluding hydrogens is 120 g/mol. The zero-order chi connectivity index (χ0) is 6.73. The third-order valence-corrected chi connectivity index (χ3v) is 3.67. The van der Waals surface area contributed by atoms with Gasteiger partial charge in [-0.25, -0.2) is 0 Å². The lowest BCUT2D eigenvalue weighted by molar-refractivity contribution is -0.136. The summed E-state index contributed by atoms with van der Waals surface area (Å²) in [6.07, 6.45) is 0. The Morgan fingerprint density at radius 1 is 1.62 bits per heavy atom. The molecule has 0 fully saturated rings. The predicted molar refractivity (Wildman–Crippen MR) is 35.9 cm³/mol. The fraction of sp³-hybridized carbons (Fsp3) is 0.800. The molecule has 0 heterocycles. The van der Waals surface area contributed by atoms with Crippen LogP contribution in [0.25, 0.3) is 0 Å². The van der Waals surface area contributed by atoms with Gasteiger partial charge in [-0.3, -0.25) is 4.79 Å². The van der Waals surface area contributed by atoms with Crippen LogP contribution in [-0.4, -0.2) is 19.9 Å². The van der Waals surface area contributed by atoms with Gasteiger partial charge >= 0.3 is 5.97 Å². The summed E-state index contributed by atoms with van der Waals surface area (Å²) >= 11 is 0. The molecule has 0 aromatic carbocycles. The van der Waals surface area contributed by atoms with E-state index in [1.165, 1.54) is 0 Å². The highest BCUT2D eigenvalue weighted by Crippen LogP contribution is 2.07. The molecule has 8 heavy (non-hydrogen) atoms. The lowest BCUT2D eigenvalue weighted by atomic mass is 10.5. The van der Waals surface area contributed by atoms with E-state index in [-0.39, 0.29) is 5.54 Å². The van der Waals surface area contributed by atoms with Crippen molar-refractivity contribution in [1.82, 2.24) is 0 Å². The second-order valence-corrected chi connectivity index (χ2v) is 5.86. The van der Waals surface area contributed by atoms with Crippen LogP contribution in [0.2, 0.25) is 18.6 Å².